The van der Waals surface area contributed by atoms with Crippen molar-refractivity contribution in [3.8, 4) is 11.5 Å². The molecule has 0 saturated carbocycles. The van der Waals surface area contributed by atoms with Crippen LogP contribution >= 0.6 is 0 Å². The van der Waals surface area contributed by atoms with Crippen molar-refractivity contribution < 1.29 is 22.7 Å². The molecule has 0 unspecified atom stereocenters. The summed E-state index contributed by atoms with van der Waals surface area (Å²) in [5, 5.41) is 2.76. The Labute approximate surface area is 143 Å². The van der Waals surface area contributed by atoms with E-state index in [9.17, 15) is 13.2 Å². The van der Waals surface area contributed by atoms with Gasteiger partial charge in [0.25, 0.3) is 0 Å². The predicted molar refractivity (Wildman–Crippen MR) is 92.0 cm³/mol. The quantitative estimate of drug-likeness (QED) is 0.768. The molecule has 1 heterocycles. The summed E-state index contributed by atoms with van der Waals surface area (Å²) in [7, 11) is -3.30. The lowest BCUT2D eigenvalue weighted by Crippen LogP contribution is -2.33. The summed E-state index contributed by atoms with van der Waals surface area (Å²) in [6, 6.07) is 5.18. The van der Waals surface area contributed by atoms with Crippen LogP contribution in [0.25, 0.3) is 0 Å². The van der Waals surface area contributed by atoms with Crippen LogP contribution in [0.15, 0.2) is 18.2 Å². The molecule has 1 aromatic carbocycles. The van der Waals surface area contributed by atoms with Crippen LogP contribution in [0.4, 0.5) is 5.69 Å². The van der Waals surface area contributed by atoms with Crippen molar-refractivity contribution in [2.24, 2.45) is 0 Å². The molecular formula is C16H24N2O5S. The van der Waals surface area contributed by atoms with Gasteiger partial charge in [0.05, 0.1) is 6.26 Å². The molecule has 134 valence electrons. The van der Waals surface area contributed by atoms with Gasteiger partial charge >= 0.3 is 0 Å². The van der Waals surface area contributed by atoms with Crippen molar-refractivity contribution in [3.05, 3.63) is 18.2 Å². The van der Waals surface area contributed by atoms with Crippen molar-refractivity contribution in [2.45, 2.75) is 26.2 Å². The Morgan fingerprint density at radius 2 is 1.92 bits per heavy atom. The number of carbonyl (C=O) groups is 1. The SMILES string of the molecule is CCCCN(CCC(=O)Nc1ccc2c(c1)OCCO2)S(C)(=O)=O. The zero-order valence-electron chi connectivity index (χ0n) is 14.1. The number of sulfonamides is 1. The van der Waals surface area contributed by atoms with Crippen LogP contribution in [0, 0.1) is 0 Å². The summed E-state index contributed by atoms with van der Waals surface area (Å²) >= 11 is 0. The topological polar surface area (TPSA) is 84.9 Å². The van der Waals surface area contributed by atoms with Crippen LogP contribution in [0.3, 0.4) is 0 Å². The van der Waals surface area contributed by atoms with Crippen LogP contribution in [0.5, 0.6) is 11.5 Å². The molecule has 0 aromatic heterocycles. The van der Waals surface area contributed by atoms with Crippen LogP contribution in [0.2, 0.25) is 0 Å². The first kappa shape index (κ1) is 18.5. The molecule has 1 aliphatic rings. The molecule has 1 aromatic rings. The predicted octanol–water partition coefficient (Wildman–Crippen LogP) is 1.85. The normalized spacial score (nSPS) is 13.8. The van der Waals surface area contributed by atoms with E-state index in [1.54, 1.807) is 18.2 Å². The Bertz CT molecular complexity index is 675. The van der Waals surface area contributed by atoms with Gasteiger partial charge in [0, 0.05) is 31.3 Å². The Morgan fingerprint density at radius 3 is 2.58 bits per heavy atom. The van der Waals surface area contributed by atoms with Gasteiger partial charge in [-0.25, -0.2) is 12.7 Å². The molecule has 0 fully saturated rings. The van der Waals surface area contributed by atoms with E-state index in [1.807, 2.05) is 6.92 Å². The lowest BCUT2D eigenvalue weighted by Gasteiger charge is -2.20. The first-order valence-corrected chi connectivity index (χ1v) is 9.89. The average molecular weight is 356 g/mol. The highest BCUT2D eigenvalue weighted by Crippen LogP contribution is 2.32. The van der Waals surface area contributed by atoms with Crippen LogP contribution in [-0.2, 0) is 14.8 Å². The molecule has 8 heteroatoms. The minimum atomic E-state index is -3.30. The number of fused-ring (bicyclic) bond motifs is 1. The monoisotopic (exact) mass is 356 g/mol. The number of rotatable bonds is 8. The second kappa shape index (κ2) is 8.34. The number of hydrogen-bond acceptors (Lipinski definition) is 5. The Balaban J connectivity index is 1.90. The highest BCUT2D eigenvalue weighted by atomic mass is 32.2. The average Bonchev–Trinajstić information content (AvgIpc) is 2.53. The summed E-state index contributed by atoms with van der Waals surface area (Å²) in [4.78, 5) is 12.1. The first-order chi connectivity index (χ1) is 11.4. The standard InChI is InChI=1S/C16H24N2O5S/c1-3-4-8-18(24(2,20)21)9-7-16(19)17-13-5-6-14-15(12-13)23-11-10-22-14/h5-6,12H,3-4,7-11H2,1-2H3,(H,17,19). The van der Waals surface area contributed by atoms with E-state index < -0.39 is 10.0 Å². The molecular weight excluding hydrogens is 332 g/mol. The lowest BCUT2D eigenvalue weighted by atomic mass is 10.2. The highest BCUT2D eigenvalue weighted by molar-refractivity contribution is 7.88. The van der Waals surface area contributed by atoms with E-state index in [2.05, 4.69) is 5.32 Å². The number of nitrogens with zero attached hydrogens (tertiary/aromatic N) is 1. The van der Waals surface area contributed by atoms with E-state index in [0.717, 1.165) is 12.8 Å². The van der Waals surface area contributed by atoms with Crippen LogP contribution in [0.1, 0.15) is 26.2 Å². The molecule has 1 N–H and O–H groups in total. The van der Waals surface area contributed by atoms with E-state index in [4.69, 9.17) is 9.47 Å². The minimum Gasteiger partial charge on any atom is -0.486 e. The molecule has 0 radical (unpaired) electrons. The van der Waals surface area contributed by atoms with E-state index >= 15 is 0 Å². The van der Waals surface area contributed by atoms with Crippen molar-refractivity contribution in [1.82, 2.24) is 4.31 Å². The van der Waals surface area contributed by atoms with Gasteiger partial charge in [-0.1, -0.05) is 13.3 Å². The van der Waals surface area contributed by atoms with Crippen LogP contribution < -0.4 is 14.8 Å². The molecule has 0 atom stereocenters. The number of hydrogen-bond donors (Lipinski definition) is 1. The smallest absolute Gasteiger partial charge is 0.225 e. The van der Waals surface area contributed by atoms with Gasteiger partial charge in [0.2, 0.25) is 15.9 Å². The molecule has 1 aliphatic heterocycles. The van der Waals surface area contributed by atoms with Crippen molar-refractivity contribution in [2.75, 3.05) is 37.9 Å². The Hall–Kier alpha value is -1.80. The van der Waals surface area contributed by atoms with Gasteiger partial charge in [0.15, 0.2) is 11.5 Å². The third-order valence-corrected chi connectivity index (χ3v) is 4.95. The number of anilines is 1. The fourth-order valence-corrected chi connectivity index (χ4v) is 3.23. The molecule has 7 nitrogen and oxygen atoms in total. The molecule has 0 spiro atoms. The summed E-state index contributed by atoms with van der Waals surface area (Å²) in [6.45, 7) is 3.60. The maximum atomic E-state index is 12.1. The molecule has 1 amide bonds. The second-order valence-electron chi connectivity index (χ2n) is 5.67. The third-order valence-electron chi connectivity index (χ3n) is 3.64. The molecule has 2 rings (SSSR count). The zero-order valence-corrected chi connectivity index (χ0v) is 14.9. The zero-order chi connectivity index (χ0) is 17.6. The molecule has 0 saturated heterocycles. The molecule has 0 bridgehead atoms. The highest BCUT2D eigenvalue weighted by Gasteiger charge is 2.18. The van der Waals surface area contributed by atoms with Gasteiger partial charge in [0.1, 0.15) is 13.2 Å². The van der Waals surface area contributed by atoms with E-state index in [-0.39, 0.29) is 18.9 Å². The number of amides is 1. The largest absolute Gasteiger partial charge is 0.486 e. The first-order valence-electron chi connectivity index (χ1n) is 8.05. The number of carbonyl (C=O) groups excluding carboxylic acids is 1. The van der Waals surface area contributed by atoms with Gasteiger partial charge < -0.3 is 14.8 Å². The Kier molecular flexibility index (Phi) is 6.44. The molecule has 0 aliphatic carbocycles. The summed E-state index contributed by atoms with van der Waals surface area (Å²) in [5.74, 6) is 1.01. The van der Waals surface area contributed by atoms with Gasteiger partial charge in [-0.05, 0) is 18.6 Å². The molecule has 24 heavy (non-hydrogen) atoms. The van der Waals surface area contributed by atoms with Gasteiger partial charge in [-0.15, -0.1) is 0 Å². The Morgan fingerprint density at radius 1 is 1.21 bits per heavy atom. The number of ether oxygens (including phenoxy) is 2. The van der Waals surface area contributed by atoms with E-state index in [0.29, 0.717) is 36.9 Å². The second-order valence-corrected chi connectivity index (χ2v) is 7.65. The van der Waals surface area contributed by atoms with Crippen molar-refractivity contribution >= 4 is 21.6 Å². The summed E-state index contributed by atoms with van der Waals surface area (Å²) in [6.07, 6.45) is 2.94. The fraction of sp³-hybridized carbons (Fsp3) is 0.562. The van der Waals surface area contributed by atoms with Gasteiger partial charge in [-0.2, -0.15) is 0 Å². The minimum absolute atomic E-state index is 0.102. The number of benzene rings is 1. The van der Waals surface area contributed by atoms with Crippen LogP contribution in [-0.4, -0.2) is 51.2 Å². The number of unbranched alkanes of at least 4 members (excludes halogenated alkanes) is 1. The van der Waals surface area contributed by atoms with Crippen molar-refractivity contribution in [3.63, 3.8) is 0 Å². The summed E-state index contributed by atoms with van der Waals surface area (Å²) < 4.78 is 35.7. The maximum absolute atomic E-state index is 12.1. The van der Waals surface area contributed by atoms with Gasteiger partial charge in [-0.3, -0.25) is 4.79 Å². The van der Waals surface area contributed by atoms with Crippen molar-refractivity contribution in [1.29, 1.82) is 0 Å². The fourth-order valence-electron chi connectivity index (χ4n) is 2.35. The van der Waals surface area contributed by atoms with E-state index in [1.165, 1.54) is 10.6 Å². The number of nitrogens with one attached hydrogen (secondary N) is 1. The third kappa shape index (κ3) is 5.38. The lowest BCUT2D eigenvalue weighted by molar-refractivity contribution is -0.116. The maximum Gasteiger partial charge on any atom is 0.225 e. The summed E-state index contributed by atoms with van der Waals surface area (Å²) in [5.41, 5.74) is 0.601.